The Morgan fingerprint density at radius 1 is 1.11 bits per heavy atom. The third kappa shape index (κ3) is 5.49. The van der Waals surface area contributed by atoms with Crippen LogP contribution in [-0.2, 0) is 19.1 Å². The van der Waals surface area contributed by atoms with Gasteiger partial charge in [0.25, 0.3) is 0 Å². The highest BCUT2D eigenvalue weighted by atomic mass is 32.2. The first-order chi connectivity index (χ1) is 17.0. The second-order valence-electron chi connectivity index (χ2n) is 8.17. The van der Waals surface area contributed by atoms with Crippen LogP contribution in [-0.4, -0.2) is 48.8 Å². The Kier molecular flexibility index (Phi) is 8.05. The minimum absolute atomic E-state index is 0.117. The Hall–Kier alpha value is -3.36. The van der Waals surface area contributed by atoms with Gasteiger partial charge in [-0.05, 0) is 24.8 Å². The maximum Gasteiger partial charge on any atom is 0.338 e. The van der Waals surface area contributed by atoms with Gasteiger partial charge in [-0.3, -0.25) is 4.79 Å². The number of fused-ring (bicyclic) bond motifs is 1. The molecule has 0 aromatic heterocycles. The molecule has 0 bridgehead atoms. The van der Waals surface area contributed by atoms with Crippen LogP contribution in [0.2, 0.25) is 0 Å². The van der Waals surface area contributed by atoms with Crippen LogP contribution in [0.5, 0.6) is 0 Å². The van der Waals surface area contributed by atoms with Crippen molar-refractivity contribution in [1.29, 1.82) is 0 Å². The highest BCUT2D eigenvalue weighted by Gasteiger charge is 2.42. The Labute approximate surface area is 209 Å². The molecule has 1 unspecified atom stereocenters. The average Bonchev–Trinajstić information content (AvgIpc) is 3.26. The number of esters is 1. The molecule has 7 nitrogen and oxygen atoms in total. The zero-order chi connectivity index (χ0) is 24.8. The molecule has 2 aromatic rings. The maximum atomic E-state index is 13.4. The molecule has 8 heteroatoms. The second kappa shape index (κ2) is 11.4. The van der Waals surface area contributed by atoms with E-state index in [0.29, 0.717) is 24.4 Å². The summed E-state index contributed by atoms with van der Waals surface area (Å²) in [6.45, 7) is 4.94. The van der Waals surface area contributed by atoms with Crippen LogP contribution < -0.4 is 5.32 Å². The average molecular weight is 492 g/mol. The van der Waals surface area contributed by atoms with Crippen LogP contribution in [0.3, 0.4) is 0 Å². The fraction of sp³-hybridized carbons (Fsp3) is 0.296. The van der Waals surface area contributed by atoms with E-state index in [2.05, 4.69) is 5.32 Å². The fourth-order valence-corrected chi connectivity index (χ4v) is 4.99. The predicted octanol–water partition coefficient (Wildman–Crippen LogP) is 4.42. The molecule has 0 spiro atoms. The number of amidine groups is 1. The van der Waals surface area contributed by atoms with Crippen molar-refractivity contribution in [3.63, 3.8) is 0 Å². The van der Waals surface area contributed by atoms with E-state index in [1.54, 1.807) is 14.0 Å². The van der Waals surface area contributed by atoms with E-state index in [-0.39, 0.29) is 18.9 Å². The molecule has 0 aliphatic carbocycles. The van der Waals surface area contributed by atoms with Gasteiger partial charge in [-0.25, -0.2) is 9.79 Å². The molecule has 0 radical (unpaired) electrons. The third-order valence-electron chi connectivity index (χ3n) is 5.72. The summed E-state index contributed by atoms with van der Waals surface area (Å²) >= 11 is 1.45. The molecule has 0 saturated heterocycles. The van der Waals surface area contributed by atoms with Gasteiger partial charge in [-0.15, -0.1) is 0 Å². The molecule has 1 atom stereocenters. The largest absolute Gasteiger partial charge is 0.463 e. The highest BCUT2D eigenvalue weighted by molar-refractivity contribution is 8.16. The van der Waals surface area contributed by atoms with Crippen LogP contribution >= 0.6 is 11.8 Å². The SMILES string of the molecule is CCOC(=O)C1=C(c2ccccc2)N=C2SC=C(CC(=O)NCCOC)N2C1c1ccc(C)cc1. The first-order valence-electron chi connectivity index (χ1n) is 11.6. The molecule has 2 aromatic carbocycles. The van der Waals surface area contributed by atoms with E-state index in [4.69, 9.17) is 14.5 Å². The molecular formula is C27H29N3O4S. The van der Waals surface area contributed by atoms with Gasteiger partial charge in [0.1, 0.15) is 0 Å². The summed E-state index contributed by atoms with van der Waals surface area (Å²) in [6, 6.07) is 17.3. The van der Waals surface area contributed by atoms with Gasteiger partial charge < -0.3 is 19.7 Å². The lowest BCUT2D eigenvalue weighted by molar-refractivity contribution is -0.139. The van der Waals surface area contributed by atoms with Gasteiger partial charge in [0.05, 0.1) is 36.9 Å². The summed E-state index contributed by atoms with van der Waals surface area (Å²) in [6.07, 6.45) is 0.162. The van der Waals surface area contributed by atoms with E-state index in [1.807, 2.05) is 71.8 Å². The van der Waals surface area contributed by atoms with Crippen molar-refractivity contribution < 1.29 is 19.1 Å². The predicted molar refractivity (Wildman–Crippen MR) is 138 cm³/mol. The van der Waals surface area contributed by atoms with E-state index in [0.717, 1.165) is 27.6 Å². The van der Waals surface area contributed by atoms with Gasteiger partial charge in [0.2, 0.25) is 5.91 Å². The minimum atomic E-state index is -0.481. The molecule has 0 saturated carbocycles. The number of hydrogen-bond donors (Lipinski definition) is 1. The number of aryl methyl sites for hydroxylation is 1. The van der Waals surface area contributed by atoms with Gasteiger partial charge in [-0.1, -0.05) is 71.9 Å². The molecule has 2 aliphatic rings. The number of carbonyl (C=O) groups excluding carboxylic acids is 2. The lowest BCUT2D eigenvalue weighted by Gasteiger charge is -2.36. The number of aliphatic imine (C=N–C) groups is 1. The van der Waals surface area contributed by atoms with Crippen molar-refractivity contribution in [2.45, 2.75) is 26.3 Å². The molecule has 2 aliphatic heterocycles. The number of carbonyl (C=O) groups is 2. The summed E-state index contributed by atoms with van der Waals surface area (Å²) in [5.41, 5.74) is 4.71. The first kappa shape index (κ1) is 24.8. The Morgan fingerprint density at radius 2 is 1.86 bits per heavy atom. The van der Waals surface area contributed by atoms with Crippen molar-refractivity contribution in [3.8, 4) is 0 Å². The number of thioether (sulfide) groups is 1. The third-order valence-corrected chi connectivity index (χ3v) is 6.60. The number of ether oxygens (including phenoxy) is 2. The van der Waals surface area contributed by atoms with Crippen LogP contribution in [0.4, 0.5) is 0 Å². The van der Waals surface area contributed by atoms with Gasteiger partial charge in [-0.2, -0.15) is 0 Å². The normalized spacial score (nSPS) is 17.0. The van der Waals surface area contributed by atoms with E-state index >= 15 is 0 Å². The van der Waals surface area contributed by atoms with Gasteiger partial charge in [0, 0.05) is 24.9 Å². The lowest BCUT2D eigenvalue weighted by atomic mass is 9.91. The van der Waals surface area contributed by atoms with Crippen LogP contribution in [0.1, 0.15) is 36.1 Å². The zero-order valence-electron chi connectivity index (χ0n) is 20.1. The Bertz CT molecular complexity index is 1170. The number of methoxy groups -OCH3 is 1. The first-order valence-corrected chi connectivity index (χ1v) is 12.4. The number of benzene rings is 2. The van der Waals surface area contributed by atoms with E-state index in [1.165, 1.54) is 11.8 Å². The van der Waals surface area contributed by atoms with Crippen molar-refractivity contribution in [2.24, 2.45) is 4.99 Å². The molecule has 2 heterocycles. The maximum absolute atomic E-state index is 13.4. The summed E-state index contributed by atoms with van der Waals surface area (Å²) in [4.78, 5) is 33.0. The Balaban J connectivity index is 1.80. The van der Waals surface area contributed by atoms with E-state index in [9.17, 15) is 9.59 Å². The van der Waals surface area contributed by atoms with Gasteiger partial charge in [0.15, 0.2) is 5.17 Å². The van der Waals surface area contributed by atoms with Crippen molar-refractivity contribution in [2.75, 3.05) is 26.9 Å². The molecule has 4 rings (SSSR count). The standard InChI is InChI=1S/C27H29N3O4S/c1-4-34-26(32)23-24(19-8-6-5-7-9-19)29-27-30(25(23)20-12-10-18(2)11-13-20)21(17-35-27)16-22(31)28-14-15-33-3/h5-13,17,25H,4,14-16H2,1-3H3,(H,28,31). The van der Waals surface area contributed by atoms with Crippen LogP contribution in [0.15, 0.2) is 76.3 Å². The van der Waals surface area contributed by atoms with Crippen LogP contribution in [0, 0.1) is 6.92 Å². The number of hydrogen-bond acceptors (Lipinski definition) is 7. The Morgan fingerprint density at radius 3 is 2.54 bits per heavy atom. The van der Waals surface area contributed by atoms with Crippen LogP contribution in [0.25, 0.3) is 5.70 Å². The smallest absolute Gasteiger partial charge is 0.338 e. The van der Waals surface area contributed by atoms with Gasteiger partial charge >= 0.3 is 5.97 Å². The van der Waals surface area contributed by atoms with Crippen molar-refractivity contribution in [3.05, 3.63) is 88.0 Å². The minimum Gasteiger partial charge on any atom is -0.463 e. The number of amides is 1. The van der Waals surface area contributed by atoms with E-state index < -0.39 is 12.0 Å². The molecular weight excluding hydrogens is 462 g/mol. The molecule has 182 valence electrons. The molecule has 35 heavy (non-hydrogen) atoms. The lowest BCUT2D eigenvalue weighted by Crippen LogP contribution is -2.38. The zero-order valence-corrected chi connectivity index (χ0v) is 20.9. The van der Waals surface area contributed by atoms with Crippen molar-refractivity contribution in [1.82, 2.24) is 10.2 Å². The summed E-state index contributed by atoms with van der Waals surface area (Å²) in [7, 11) is 1.60. The number of nitrogens with one attached hydrogen (secondary N) is 1. The molecule has 1 N–H and O–H groups in total. The topological polar surface area (TPSA) is 80.2 Å². The summed E-state index contributed by atoms with van der Waals surface area (Å²) in [5.74, 6) is -0.533. The highest BCUT2D eigenvalue weighted by Crippen LogP contribution is 2.47. The monoisotopic (exact) mass is 491 g/mol. The number of rotatable bonds is 9. The fourth-order valence-electron chi connectivity index (χ4n) is 4.07. The quantitative estimate of drug-likeness (QED) is 0.413. The summed E-state index contributed by atoms with van der Waals surface area (Å²) < 4.78 is 10.6. The summed E-state index contributed by atoms with van der Waals surface area (Å²) in [5, 5.41) is 5.53. The molecule has 0 fully saturated rings. The second-order valence-corrected chi connectivity index (χ2v) is 9.01. The molecule has 1 amide bonds. The number of nitrogens with zero attached hydrogens (tertiary/aromatic N) is 2. The van der Waals surface area contributed by atoms with Crippen molar-refractivity contribution >= 4 is 34.5 Å².